The molecule has 26 heavy (non-hydrogen) atoms. The van der Waals surface area contributed by atoms with Gasteiger partial charge in [-0.1, -0.05) is 31.9 Å². The van der Waals surface area contributed by atoms with Gasteiger partial charge < -0.3 is 5.11 Å². The quantitative estimate of drug-likeness (QED) is 0.184. The zero-order chi connectivity index (χ0) is 20.4. The lowest BCUT2D eigenvalue weighted by atomic mass is 10.2. The Hall–Kier alpha value is 0.1000. The second kappa shape index (κ2) is 13.3. The van der Waals surface area contributed by atoms with Crippen LogP contribution in [0.3, 0.4) is 0 Å². The lowest BCUT2D eigenvalue weighted by Crippen LogP contribution is -1.90. The number of halogens is 9. The molecular formula is C14H9Br2Cl3F4O2S. The summed E-state index contributed by atoms with van der Waals surface area (Å²) in [6.07, 6.45) is 0. The predicted molar refractivity (Wildman–Crippen MR) is 103 cm³/mol. The molecule has 0 aliphatic rings. The van der Waals surface area contributed by atoms with E-state index in [0.717, 1.165) is 24.3 Å². The average molecular weight is 583 g/mol. The van der Waals surface area contributed by atoms with Crippen LogP contribution in [0.4, 0.5) is 17.6 Å². The number of aliphatic hydroxyl groups excluding tert-OH is 1. The Labute approximate surface area is 180 Å². The molecular weight excluding hydrogens is 574 g/mol. The van der Waals surface area contributed by atoms with Crippen LogP contribution in [0.1, 0.15) is 11.1 Å². The van der Waals surface area contributed by atoms with E-state index in [2.05, 4.69) is 53.2 Å². The number of benzene rings is 2. The molecule has 0 atom stereocenters. The lowest BCUT2D eigenvalue weighted by Gasteiger charge is -2.00. The Morgan fingerprint density at radius 2 is 1.15 bits per heavy atom. The van der Waals surface area contributed by atoms with Crippen LogP contribution in [0.25, 0.3) is 0 Å². The van der Waals surface area contributed by atoms with Gasteiger partial charge in [0.05, 0.1) is 6.61 Å². The molecule has 0 bridgehead atoms. The number of hydrogen-bond acceptors (Lipinski definition) is 2. The molecule has 146 valence electrons. The summed E-state index contributed by atoms with van der Waals surface area (Å²) in [7, 11) is 7.36. The Morgan fingerprint density at radius 1 is 0.846 bits per heavy atom. The summed E-state index contributed by atoms with van der Waals surface area (Å²) in [4.78, 5) is 0. The predicted octanol–water partition coefficient (Wildman–Crippen LogP) is 6.73. The summed E-state index contributed by atoms with van der Waals surface area (Å²) in [6, 6.07) is 4.08. The largest absolute Gasteiger partial charge is 0.392 e. The molecule has 0 aliphatic heterocycles. The molecule has 2 rings (SSSR count). The van der Waals surface area contributed by atoms with Gasteiger partial charge in [0.1, 0.15) is 0 Å². The van der Waals surface area contributed by atoms with Crippen LogP contribution in [0.5, 0.6) is 0 Å². The van der Waals surface area contributed by atoms with Gasteiger partial charge in [0.25, 0.3) is 0 Å². The van der Waals surface area contributed by atoms with Crippen molar-refractivity contribution in [2.24, 2.45) is 0 Å². The molecule has 2 aromatic carbocycles. The van der Waals surface area contributed by atoms with Crippen molar-refractivity contribution >= 4 is 74.1 Å². The van der Waals surface area contributed by atoms with Gasteiger partial charge in [-0.15, -0.1) is 11.6 Å². The molecule has 0 radical (unpaired) electrons. The third-order valence-corrected chi connectivity index (χ3v) is 4.26. The Balaban J connectivity index is 0.000000401. The number of rotatable bonds is 2. The normalized spacial score (nSPS) is 9.96. The van der Waals surface area contributed by atoms with Crippen LogP contribution in [-0.4, -0.2) is 9.32 Å². The second-order valence-electron chi connectivity index (χ2n) is 4.19. The molecule has 0 heterocycles. The van der Waals surface area contributed by atoms with Gasteiger partial charge in [-0.05, 0) is 35.4 Å². The van der Waals surface area contributed by atoms with Crippen LogP contribution >= 0.6 is 64.8 Å². The van der Waals surface area contributed by atoms with Crippen molar-refractivity contribution in [3.8, 4) is 0 Å². The average Bonchev–Trinajstić information content (AvgIpc) is 2.54. The van der Waals surface area contributed by atoms with Crippen LogP contribution in [0.15, 0.2) is 33.2 Å². The monoisotopic (exact) mass is 580 g/mol. The highest BCUT2D eigenvalue weighted by Gasteiger charge is 2.07. The van der Waals surface area contributed by atoms with Crippen LogP contribution < -0.4 is 0 Å². The maximum absolute atomic E-state index is 12.5. The molecule has 1 N–H and O–H groups in total. The standard InChI is InChI=1S/C7H4BrClF2.C7H5BrF2O.Cl2OS/c8-5-2-7(11)6(10)1-4(5)3-9;8-5-2-7(10)6(9)1-4(5)3-11;1-4(2)3/h1-2H,3H2;1-2,11H,3H2;. The summed E-state index contributed by atoms with van der Waals surface area (Å²) in [5.74, 6) is -3.45. The van der Waals surface area contributed by atoms with Crippen molar-refractivity contribution < 1.29 is 26.9 Å². The lowest BCUT2D eigenvalue weighted by molar-refractivity contribution is 0.280. The van der Waals surface area contributed by atoms with Gasteiger partial charge in [-0.25, -0.2) is 21.8 Å². The molecule has 0 saturated heterocycles. The third-order valence-electron chi connectivity index (χ3n) is 2.49. The van der Waals surface area contributed by atoms with E-state index in [4.69, 9.17) is 20.9 Å². The first-order valence-corrected chi connectivity index (χ1v) is 11.1. The molecule has 0 aliphatic carbocycles. The maximum Gasteiger partial charge on any atom is 0.211 e. The van der Waals surface area contributed by atoms with E-state index in [9.17, 15) is 17.6 Å². The van der Waals surface area contributed by atoms with E-state index in [0.29, 0.717) is 20.1 Å². The van der Waals surface area contributed by atoms with Crippen molar-refractivity contribution in [3.05, 3.63) is 67.6 Å². The van der Waals surface area contributed by atoms with Gasteiger partial charge in [0.15, 0.2) is 23.3 Å². The zero-order valence-corrected chi connectivity index (χ0v) is 18.6. The van der Waals surface area contributed by atoms with Gasteiger partial charge in [-0.2, -0.15) is 0 Å². The Morgan fingerprint density at radius 3 is 1.50 bits per heavy atom. The molecule has 2 aromatic rings. The summed E-state index contributed by atoms with van der Waals surface area (Å²) < 4.78 is 59.7. The highest BCUT2D eigenvalue weighted by molar-refractivity contribution is 9.10. The van der Waals surface area contributed by atoms with E-state index in [1.807, 2.05) is 0 Å². The number of aliphatic hydroxyl groups is 1. The molecule has 0 spiro atoms. The summed E-state index contributed by atoms with van der Waals surface area (Å²) in [5, 5.41) is 8.61. The first kappa shape index (κ1) is 26.1. The highest BCUT2D eigenvalue weighted by Crippen LogP contribution is 2.22. The second-order valence-corrected chi connectivity index (χ2v) is 8.69. The minimum atomic E-state index is -1.67. The number of alkyl halides is 1. The van der Waals surface area contributed by atoms with Crippen LogP contribution in [0, 0.1) is 23.3 Å². The van der Waals surface area contributed by atoms with Gasteiger partial charge >= 0.3 is 0 Å². The van der Waals surface area contributed by atoms with Gasteiger partial charge in [0.2, 0.25) is 9.23 Å². The molecule has 0 fully saturated rings. The van der Waals surface area contributed by atoms with Crippen LogP contribution in [0.2, 0.25) is 0 Å². The first-order chi connectivity index (χ1) is 12.0. The Kier molecular flexibility index (Phi) is 13.4. The van der Waals surface area contributed by atoms with Crippen molar-refractivity contribution in [1.29, 1.82) is 0 Å². The third kappa shape index (κ3) is 9.87. The van der Waals surface area contributed by atoms with Crippen LogP contribution in [-0.2, 0) is 21.7 Å². The topological polar surface area (TPSA) is 37.3 Å². The summed E-state index contributed by atoms with van der Waals surface area (Å²) in [5.41, 5.74) is 0.884. The van der Waals surface area contributed by atoms with E-state index in [-0.39, 0.29) is 12.5 Å². The zero-order valence-electron chi connectivity index (χ0n) is 12.4. The van der Waals surface area contributed by atoms with Crippen molar-refractivity contribution in [2.45, 2.75) is 12.5 Å². The van der Waals surface area contributed by atoms with E-state index in [1.54, 1.807) is 0 Å². The fourth-order valence-corrected chi connectivity index (χ4v) is 2.63. The molecule has 0 aromatic heterocycles. The van der Waals surface area contributed by atoms with Gasteiger partial charge in [-0.3, -0.25) is 0 Å². The molecule has 0 unspecified atom stereocenters. The van der Waals surface area contributed by atoms with Crippen molar-refractivity contribution in [2.75, 3.05) is 0 Å². The van der Waals surface area contributed by atoms with Crippen molar-refractivity contribution in [3.63, 3.8) is 0 Å². The molecule has 0 saturated carbocycles. The fourth-order valence-electron chi connectivity index (χ4n) is 1.35. The smallest absolute Gasteiger partial charge is 0.211 e. The SMILES string of the molecule is Fc1cc(Br)c(CCl)cc1F.O=S(Cl)Cl.OCc1cc(F)c(F)cc1Br. The Bertz CT molecular complexity index is 708. The molecule has 2 nitrogen and oxygen atoms in total. The molecule has 12 heteroatoms. The molecule has 0 amide bonds. The fraction of sp³-hybridized carbons (Fsp3) is 0.143. The highest BCUT2D eigenvalue weighted by atomic mass is 79.9. The maximum atomic E-state index is 12.5. The first-order valence-electron chi connectivity index (χ1n) is 6.21. The van der Waals surface area contributed by atoms with E-state index < -0.39 is 32.5 Å². The minimum absolute atomic E-state index is 0.164. The summed E-state index contributed by atoms with van der Waals surface area (Å²) in [6.45, 7) is -0.308. The van der Waals surface area contributed by atoms with E-state index >= 15 is 0 Å². The number of hydrogen-bond donors (Lipinski definition) is 1. The van der Waals surface area contributed by atoms with Gasteiger partial charge in [0, 0.05) is 36.2 Å². The summed E-state index contributed by atoms with van der Waals surface area (Å²) >= 11 is 11.5. The minimum Gasteiger partial charge on any atom is -0.392 e. The van der Waals surface area contributed by atoms with Crippen molar-refractivity contribution in [1.82, 2.24) is 0 Å². The van der Waals surface area contributed by atoms with E-state index in [1.165, 1.54) is 0 Å².